The average Bonchev–Trinajstić information content (AvgIpc) is 2.34. The Balaban J connectivity index is 4.76. The van der Waals surface area contributed by atoms with Crippen LogP contribution in [-0.4, -0.2) is 58.4 Å². The number of carbonyl (C=O) groups excluding carboxylic acids is 2. The summed E-state index contributed by atoms with van der Waals surface area (Å²) in [4.78, 5) is 23.8. The molecule has 118 valence electrons. The fraction of sp³-hybridized carbons (Fsp3) is 0.833. The van der Waals surface area contributed by atoms with Crippen molar-refractivity contribution in [2.75, 3.05) is 32.9 Å². The summed E-state index contributed by atoms with van der Waals surface area (Å²) in [5, 5.41) is 0. The van der Waals surface area contributed by atoms with Crippen molar-refractivity contribution in [3.63, 3.8) is 0 Å². The molecule has 20 heavy (non-hydrogen) atoms. The molecule has 2 N–H and O–H groups in total. The number of hydrogen-bond donors (Lipinski definition) is 1. The summed E-state index contributed by atoms with van der Waals surface area (Å²) < 4.78 is 17.1. The SMILES string of the molecule is CCO[Si](CCN(CC(N)=O)C(C)=O)(OCC)OCC. The van der Waals surface area contributed by atoms with Gasteiger partial charge in [-0.1, -0.05) is 0 Å². The highest BCUT2D eigenvalue weighted by molar-refractivity contribution is 6.60. The van der Waals surface area contributed by atoms with Crippen molar-refractivity contribution in [3.05, 3.63) is 0 Å². The van der Waals surface area contributed by atoms with Crippen molar-refractivity contribution < 1.29 is 22.9 Å². The highest BCUT2D eigenvalue weighted by Gasteiger charge is 2.40. The predicted molar refractivity (Wildman–Crippen MR) is 76.9 cm³/mol. The van der Waals surface area contributed by atoms with E-state index in [1.165, 1.54) is 11.8 Å². The molecule has 0 bridgehead atoms. The number of primary amides is 1. The lowest BCUT2D eigenvalue weighted by Crippen LogP contribution is -2.49. The van der Waals surface area contributed by atoms with Gasteiger partial charge < -0.3 is 23.9 Å². The summed E-state index contributed by atoms with van der Waals surface area (Å²) in [5.74, 6) is -0.757. The van der Waals surface area contributed by atoms with E-state index in [2.05, 4.69) is 0 Å². The fourth-order valence-corrected chi connectivity index (χ4v) is 4.36. The molecule has 0 radical (unpaired) electrons. The summed E-state index contributed by atoms with van der Waals surface area (Å²) in [5.41, 5.74) is 5.13. The molecular weight excluding hydrogens is 280 g/mol. The van der Waals surface area contributed by atoms with Crippen LogP contribution in [0.4, 0.5) is 0 Å². The lowest BCUT2D eigenvalue weighted by molar-refractivity contribution is -0.133. The Hall–Kier alpha value is -0.963. The van der Waals surface area contributed by atoms with E-state index in [1.807, 2.05) is 20.8 Å². The van der Waals surface area contributed by atoms with E-state index < -0.39 is 14.7 Å². The van der Waals surface area contributed by atoms with Crippen LogP contribution in [-0.2, 0) is 22.9 Å². The van der Waals surface area contributed by atoms with Crippen LogP contribution in [0.15, 0.2) is 0 Å². The van der Waals surface area contributed by atoms with Crippen LogP contribution in [0.1, 0.15) is 27.7 Å². The van der Waals surface area contributed by atoms with Gasteiger partial charge in [0.25, 0.3) is 0 Å². The van der Waals surface area contributed by atoms with Crippen molar-refractivity contribution in [2.24, 2.45) is 5.73 Å². The standard InChI is InChI=1S/C12H26N2O5Si/c1-5-17-20(18-6-2,19-7-3)9-8-14(11(4)15)10-12(13)16/h5-10H2,1-4H3,(H2,13,16). The minimum Gasteiger partial charge on any atom is -0.374 e. The molecule has 0 saturated heterocycles. The van der Waals surface area contributed by atoms with E-state index in [9.17, 15) is 9.59 Å². The molecule has 0 heterocycles. The lowest BCUT2D eigenvalue weighted by Gasteiger charge is -2.30. The summed E-state index contributed by atoms with van der Waals surface area (Å²) in [6.45, 7) is 8.64. The summed E-state index contributed by atoms with van der Waals surface area (Å²) in [6, 6.07) is 0.440. The maximum atomic E-state index is 11.5. The van der Waals surface area contributed by atoms with Gasteiger partial charge in [0, 0.05) is 39.3 Å². The zero-order valence-electron chi connectivity index (χ0n) is 12.8. The lowest BCUT2D eigenvalue weighted by atomic mass is 10.4. The number of nitrogens with two attached hydrogens (primary N) is 1. The Bertz CT molecular complexity index is 297. The zero-order valence-corrected chi connectivity index (χ0v) is 13.8. The maximum Gasteiger partial charge on any atom is 0.502 e. The third kappa shape index (κ3) is 6.99. The second-order valence-electron chi connectivity index (χ2n) is 4.14. The van der Waals surface area contributed by atoms with E-state index in [1.54, 1.807) is 0 Å². The van der Waals surface area contributed by atoms with Crippen LogP contribution in [0.5, 0.6) is 0 Å². The molecule has 0 aliphatic heterocycles. The Labute approximate surface area is 121 Å². The molecule has 0 rings (SSSR count). The van der Waals surface area contributed by atoms with E-state index in [0.717, 1.165) is 0 Å². The van der Waals surface area contributed by atoms with Gasteiger partial charge in [0.15, 0.2) is 0 Å². The van der Waals surface area contributed by atoms with Gasteiger partial charge in [-0.15, -0.1) is 0 Å². The Morgan fingerprint density at radius 1 is 1.05 bits per heavy atom. The number of rotatable bonds is 11. The molecule has 8 heteroatoms. The summed E-state index contributed by atoms with van der Waals surface area (Å²) in [7, 11) is -2.80. The first-order valence-electron chi connectivity index (χ1n) is 6.86. The smallest absolute Gasteiger partial charge is 0.374 e. The molecule has 0 aromatic heterocycles. The van der Waals surface area contributed by atoms with E-state index in [-0.39, 0.29) is 12.5 Å². The molecule has 0 spiro atoms. The van der Waals surface area contributed by atoms with Crippen molar-refractivity contribution in [1.82, 2.24) is 4.90 Å². The van der Waals surface area contributed by atoms with Crippen molar-refractivity contribution >= 4 is 20.6 Å². The Morgan fingerprint density at radius 3 is 1.80 bits per heavy atom. The van der Waals surface area contributed by atoms with Crippen LogP contribution >= 0.6 is 0 Å². The van der Waals surface area contributed by atoms with E-state index in [0.29, 0.717) is 32.4 Å². The van der Waals surface area contributed by atoms with Gasteiger partial charge in [-0.25, -0.2) is 0 Å². The van der Waals surface area contributed by atoms with Crippen LogP contribution < -0.4 is 5.73 Å². The van der Waals surface area contributed by atoms with Gasteiger partial charge in [-0.3, -0.25) is 9.59 Å². The number of amides is 2. The summed E-state index contributed by atoms with van der Waals surface area (Å²) in [6.07, 6.45) is 0. The van der Waals surface area contributed by atoms with E-state index >= 15 is 0 Å². The van der Waals surface area contributed by atoms with Crippen molar-refractivity contribution in [1.29, 1.82) is 0 Å². The van der Waals surface area contributed by atoms with Crippen LogP contribution in [0.25, 0.3) is 0 Å². The van der Waals surface area contributed by atoms with Gasteiger partial charge in [0.05, 0.1) is 6.54 Å². The zero-order chi connectivity index (χ0) is 15.6. The normalized spacial score (nSPS) is 11.4. The van der Waals surface area contributed by atoms with Crippen molar-refractivity contribution in [2.45, 2.75) is 33.7 Å². The van der Waals surface area contributed by atoms with Gasteiger partial charge in [0.2, 0.25) is 11.8 Å². The second-order valence-corrected chi connectivity index (χ2v) is 6.87. The van der Waals surface area contributed by atoms with Crippen LogP contribution in [0, 0.1) is 0 Å². The van der Waals surface area contributed by atoms with Gasteiger partial charge in [0.1, 0.15) is 0 Å². The fourth-order valence-electron chi connectivity index (χ4n) is 1.81. The molecular formula is C12H26N2O5Si. The topological polar surface area (TPSA) is 91.1 Å². The van der Waals surface area contributed by atoms with Crippen LogP contribution in [0.2, 0.25) is 6.04 Å². The number of carbonyl (C=O) groups is 2. The minimum atomic E-state index is -2.80. The quantitative estimate of drug-likeness (QED) is 0.557. The molecule has 0 aliphatic rings. The Morgan fingerprint density at radius 2 is 1.50 bits per heavy atom. The number of nitrogens with zero attached hydrogens (tertiary/aromatic N) is 1. The average molecular weight is 306 g/mol. The van der Waals surface area contributed by atoms with Gasteiger partial charge in [-0.05, 0) is 20.8 Å². The highest BCUT2D eigenvalue weighted by atomic mass is 28.4. The largest absolute Gasteiger partial charge is 0.502 e. The molecule has 0 atom stereocenters. The van der Waals surface area contributed by atoms with Gasteiger partial charge >= 0.3 is 8.80 Å². The molecule has 7 nitrogen and oxygen atoms in total. The number of hydrogen-bond acceptors (Lipinski definition) is 5. The monoisotopic (exact) mass is 306 g/mol. The maximum absolute atomic E-state index is 11.5. The van der Waals surface area contributed by atoms with Crippen molar-refractivity contribution in [3.8, 4) is 0 Å². The molecule has 0 aromatic carbocycles. The third-order valence-electron chi connectivity index (χ3n) is 2.57. The Kier molecular flexibility index (Phi) is 9.39. The molecule has 0 fully saturated rings. The first kappa shape index (κ1) is 19.0. The van der Waals surface area contributed by atoms with E-state index in [4.69, 9.17) is 19.0 Å². The molecule has 2 amide bonds. The molecule has 0 saturated carbocycles. The minimum absolute atomic E-state index is 0.107. The highest BCUT2D eigenvalue weighted by Crippen LogP contribution is 2.16. The predicted octanol–water partition coefficient (Wildman–Crippen LogP) is 0.369. The second kappa shape index (κ2) is 9.86. The molecule has 0 aliphatic carbocycles. The van der Waals surface area contributed by atoms with Gasteiger partial charge in [-0.2, -0.15) is 0 Å². The molecule has 0 unspecified atom stereocenters. The first-order chi connectivity index (χ1) is 9.40. The summed E-state index contributed by atoms with van der Waals surface area (Å²) >= 11 is 0. The van der Waals surface area contributed by atoms with Crippen LogP contribution in [0.3, 0.4) is 0 Å². The first-order valence-corrected chi connectivity index (χ1v) is 8.79. The molecule has 0 aromatic rings. The third-order valence-corrected chi connectivity index (χ3v) is 5.59.